The molecule has 0 amide bonds. The lowest BCUT2D eigenvalue weighted by atomic mass is 9.69. The molecule has 0 saturated heterocycles. The zero-order valence-electron chi connectivity index (χ0n) is 18.0. The van der Waals surface area contributed by atoms with E-state index in [1.807, 2.05) is 55.5 Å². The molecular weight excluding hydrogens is 408 g/mol. The third-order valence-corrected chi connectivity index (χ3v) is 6.08. The number of benzene rings is 2. The predicted molar refractivity (Wildman–Crippen MR) is 121 cm³/mol. The van der Waals surface area contributed by atoms with Crippen molar-refractivity contribution >= 4 is 17.4 Å². The summed E-state index contributed by atoms with van der Waals surface area (Å²) in [6.45, 7) is 6.50. The van der Waals surface area contributed by atoms with Crippen LogP contribution in [0.3, 0.4) is 0 Å². The van der Waals surface area contributed by atoms with Crippen molar-refractivity contribution in [3.05, 3.63) is 87.2 Å². The Bertz CT molecular complexity index is 1150. The van der Waals surface area contributed by atoms with Crippen LogP contribution in [0.1, 0.15) is 50.7 Å². The molecule has 0 bridgehead atoms. The van der Waals surface area contributed by atoms with Crippen LogP contribution in [-0.4, -0.2) is 5.78 Å². The lowest BCUT2D eigenvalue weighted by Gasteiger charge is -2.38. The highest BCUT2D eigenvalue weighted by atomic mass is 35.5. The first-order valence-corrected chi connectivity index (χ1v) is 10.8. The van der Waals surface area contributed by atoms with Gasteiger partial charge in [0.15, 0.2) is 5.78 Å². The van der Waals surface area contributed by atoms with E-state index in [1.54, 1.807) is 0 Å². The Kier molecular flexibility index (Phi) is 5.64. The number of carbonyl (C=O) groups excluding carboxylic acids is 1. The molecule has 1 N–H and O–H groups in total. The van der Waals surface area contributed by atoms with Crippen molar-refractivity contribution in [2.24, 2.45) is 5.41 Å². The fourth-order valence-electron chi connectivity index (χ4n) is 4.49. The molecule has 1 unspecified atom stereocenters. The number of hydrogen-bond donors (Lipinski definition) is 1. The Hall–Kier alpha value is -3.03. The molecule has 1 heterocycles. The number of nitrogens with zero attached hydrogens (tertiary/aromatic N) is 1. The number of Topliss-reactive ketones (excluding diaryl/α,β-unsaturated/α-hetero) is 1. The molecule has 2 aromatic rings. The third kappa shape index (κ3) is 4.38. The highest BCUT2D eigenvalue weighted by molar-refractivity contribution is 6.30. The van der Waals surface area contributed by atoms with Crippen molar-refractivity contribution in [1.29, 1.82) is 5.26 Å². The van der Waals surface area contributed by atoms with Crippen LogP contribution in [0, 0.1) is 16.7 Å². The van der Waals surface area contributed by atoms with Crippen molar-refractivity contribution in [3.63, 3.8) is 0 Å². The highest BCUT2D eigenvalue weighted by Gasteiger charge is 2.41. The van der Waals surface area contributed by atoms with E-state index in [0.29, 0.717) is 34.9 Å². The van der Waals surface area contributed by atoms with Gasteiger partial charge in [0, 0.05) is 28.4 Å². The molecule has 0 radical (unpaired) electrons. The predicted octanol–water partition coefficient (Wildman–Crippen LogP) is 6.05. The van der Waals surface area contributed by atoms with E-state index in [9.17, 15) is 10.1 Å². The first-order valence-electron chi connectivity index (χ1n) is 10.4. The minimum Gasteiger partial charge on any atom is -0.489 e. The Morgan fingerprint density at radius 1 is 1.19 bits per heavy atom. The molecule has 0 fully saturated rings. The summed E-state index contributed by atoms with van der Waals surface area (Å²) >= 11 is 6.06. The Balaban J connectivity index is 1.68. The van der Waals surface area contributed by atoms with Crippen LogP contribution in [0.25, 0.3) is 0 Å². The van der Waals surface area contributed by atoms with Gasteiger partial charge in [0.2, 0.25) is 0 Å². The van der Waals surface area contributed by atoms with Crippen LogP contribution in [-0.2, 0) is 11.4 Å². The zero-order chi connectivity index (χ0) is 22.2. The maximum absolute atomic E-state index is 13.1. The van der Waals surface area contributed by atoms with E-state index in [4.69, 9.17) is 16.3 Å². The summed E-state index contributed by atoms with van der Waals surface area (Å²) in [6, 6.07) is 17.6. The van der Waals surface area contributed by atoms with Crippen molar-refractivity contribution in [2.45, 2.75) is 46.1 Å². The van der Waals surface area contributed by atoms with Gasteiger partial charge in [-0.3, -0.25) is 4.79 Å². The molecule has 158 valence electrons. The van der Waals surface area contributed by atoms with E-state index in [-0.39, 0.29) is 17.1 Å². The van der Waals surface area contributed by atoms with E-state index < -0.39 is 0 Å². The molecule has 1 atom stereocenters. The van der Waals surface area contributed by atoms with Crippen molar-refractivity contribution in [1.82, 2.24) is 5.32 Å². The van der Waals surface area contributed by atoms with Gasteiger partial charge in [-0.15, -0.1) is 0 Å². The second-order valence-corrected chi connectivity index (χ2v) is 9.47. The summed E-state index contributed by atoms with van der Waals surface area (Å²) in [7, 11) is 0. The summed E-state index contributed by atoms with van der Waals surface area (Å²) in [5.74, 6) is 0.422. The van der Waals surface area contributed by atoms with E-state index in [2.05, 4.69) is 25.2 Å². The van der Waals surface area contributed by atoms with Crippen LogP contribution in [0.5, 0.6) is 5.75 Å². The van der Waals surface area contributed by atoms with Crippen molar-refractivity contribution in [3.8, 4) is 11.8 Å². The molecule has 0 aromatic heterocycles. The molecule has 2 aromatic carbocycles. The van der Waals surface area contributed by atoms with Gasteiger partial charge in [-0.2, -0.15) is 5.26 Å². The van der Waals surface area contributed by atoms with Crippen LogP contribution >= 0.6 is 11.6 Å². The van der Waals surface area contributed by atoms with E-state index >= 15 is 0 Å². The second kappa shape index (κ2) is 8.24. The lowest BCUT2D eigenvalue weighted by Crippen LogP contribution is -2.36. The fourth-order valence-corrected chi connectivity index (χ4v) is 4.71. The average molecular weight is 433 g/mol. The van der Waals surface area contributed by atoms with Gasteiger partial charge in [0.25, 0.3) is 0 Å². The van der Waals surface area contributed by atoms with Crippen LogP contribution in [0.2, 0.25) is 5.02 Å². The third-order valence-electron chi connectivity index (χ3n) is 5.85. The number of ketones is 1. The number of ether oxygens (including phenoxy) is 1. The standard InChI is InChI=1S/C26H25ClN2O2/c1-16-21(14-28)24(25-22(29-16)12-26(2,3)13-23(25)30)18-7-5-9-20(11-18)31-15-17-6-4-8-19(27)10-17/h4-11,24,29H,12-13,15H2,1-3H3. The molecule has 4 nitrogen and oxygen atoms in total. The first kappa shape index (κ1) is 21.2. The number of halogens is 1. The molecule has 5 heteroatoms. The number of nitriles is 1. The largest absolute Gasteiger partial charge is 0.489 e. The Morgan fingerprint density at radius 3 is 2.71 bits per heavy atom. The van der Waals surface area contributed by atoms with Gasteiger partial charge < -0.3 is 10.1 Å². The summed E-state index contributed by atoms with van der Waals surface area (Å²) in [4.78, 5) is 13.1. The maximum atomic E-state index is 13.1. The quantitative estimate of drug-likeness (QED) is 0.639. The molecule has 4 rings (SSSR count). The summed E-state index contributed by atoms with van der Waals surface area (Å²) in [5, 5.41) is 13.9. The summed E-state index contributed by atoms with van der Waals surface area (Å²) in [6.07, 6.45) is 1.26. The van der Waals surface area contributed by atoms with Crippen LogP contribution < -0.4 is 10.1 Å². The molecule has 2 aliphatic rings. The molecule has 0 saturated carbocycles. The zero-order valence-corrected chi connectivity index (χ0v) is 18.7. The molecule has 0 spiro atoms. The number of hydrogen-bond acceptors (Lipinski definition) is 4. The topological polar surface area (TPSA) is 62.1 Å². The Morgan fingerprint density at radius 2 is 1.97 bits per heavy atom. The second-order valence-electron chi connectivity index (χ2n) is 9.03. The average Bonchev–Trinajstić information content (AvgIpc) is 2.70. The van der Waals surface area contributed by atoms with E-state index in [0.717, 1.165) is 28.9 Å². The summed E-state index contributed by atoms with van der Waals surface area (Å²) in [5.41, 5.74) is 4.81. The SMILES string of the molecule is CC1=C(C#N)C(c2cccc(OCc3cccc(Cl)c3)c2)C2=C(CC(C)(C)CC2=O)N1. The molecular formula is C26H25ClN2O2. The van der Waals surface area contributed by atoms with Gasteiger partial charge in [-0.05, 0) is 54.2 Å². The smallest absolute Gasteiger partial charge is 0.162 e. The minimum atomic E-state index is -0.375. The van der Waals surface area contributed by atoms with Crippen LogP contribution in [0.4, 0.5) is 0 Å². The van der Waals surface area contributed by atoms with Crippen molar-refractivity contribution in [2.75, 3.05) is 0 Å². The molecule has 1 aliphatic heterocycles. The maximum Gasteiger partial charge on any atom is 0.162 e. The number of allylic oxidation sites excluding steroid dienone is 4. The van der Waals surface area contributed by atoms with Gasteiger partial charge >= 0.3 is 0 Å². The minimum absolute atomic E-state index is 0.0974. The summed E-state index contributed by atoms with van der Waals surface area (Å²) < 4.78 is 6.00. The van der Waals surface area contributed by atoms with Gasteiger partial charge in [-0.1, -0.05) is 49.7 Å². The lowest BCUT2D eigenvalue weighted by molar-refractivity contribution is -0.118. The van der Waals surface area contributed by atoms with Gasteiger partial charge in [0.1, 0.15) is 12.4 Å². The monoisotopic (exact) mass is 432 g/mol. The first-order chi connectivity index (χ1) is 14.8. The number of dihydropyridines is 1. The highest BCUT2D eigenvalue weighted by Crippen LogP contribution is 2.46. The number of carbonyl (C=O) groups is 1. The Labute approximate surface area is 188 Å². The number of rotatable bonds is 4. The van der Waals surface area contributed by atoms with Crippen molar-refractivity contribution < 1.29 is 9.53 Å². The number of nitrogens with one attached hydrogen (secondary N) is 1. The fraction of sp³-hybridized carbons (Fsp3) is 0.308. The van der Waals surface area contributed by atoms with E-state index in [1.165, 1.54) is 0 Å². The van der Waals surface area contributed by atoms with Gasteiger partial charge in [0.05, 0.1) is 17.6 Å². The normalized spacial score (nSPS) is 20.1. The van der Waals surface area contributed by atoms with Gasteiger partial charge in [-0.25, -0.2) is 0 Å². The molecule has 1 aliphatic carbocycles. The molecule has 31 heavy (non-hydrogen) atoms. The van der Waals surface area contributed by atoms with Crippen LogP contribution in [0.15, 0.2) is 71.1 Å².